The van der Waals surface area contributed by atoms with E-state index in [4.69, 9.17) is 11.6 Å². The van der Waals surface area contributed by atoms with Crippen LogP contribution in [0, 0.1) is 0 Å². The molecule has 27 heavy (non-hydrogen) atoms. The van der Waals surface area contributed by atoms with Gasteiger partial charge in [0, 0.05) is 30.0 Å². The molecule has 1 aliphatic heterocycles. The molecule has 0 saturated carbocycles. The third-order valence-corrected chi connectivity index (χ3v) is 5.75. The minimum absolute atomic E-state index is 0.0286. The Morgan fingerprint density at radius 1 is 1.26 bits per heavy atom. The lowest BCUT2D eigenvalue weighted by molar-refractivity contribution is -0.125. The van der Waals surface area contributed by atoms with Gasteiger partial charge in [-0.05, 0) is 31.0 Å². The zero-order valence-electron chi connectivity index (χ0n) is 15.3. The zero-order chi connectivity index (χ0) is 18.8. The number of hydrogen-bond acceptors (Lipinski definition) is 3. The van der Waals surface area contributed by atoms with Crippen molar-refractivity contribution >= 4 is 28.4 Å². The standard InChI is InChI=1S/C21H23ClN4O/c1-15(21(27)23-12-16-6-2-4-8-19(16)22)25-11-10-18(14-25)26-20-9-5-3-7-17(20)13-24-26/h2-9,13,15,18H,10-12,14H2,1H3,(H,23,27). The second-order valence-electron chi connectivity index (χ2n) is 7.07. The maximum absolute atomic E-state index is 12.6. The molecule has 0 spiro atoms. The van der Waals surface area contributed by atoms with E-state index < -0.39 is 0 Å². The summed E-state index contributed by atoms with van der Waals surface area (Å²) >= 11 is 6.17. The smallest absolute Gasteiger partial charge is 0.237 e. The molecule has 1 saturated heterocycles. The van der Waals surface area contributed by atoms with Crippen molar-refractivity contribution in [1.82, 2.24) is 20.0 Å². The van der Waals surface area contributed by atoms with Crippen LogP contribution in [-0.4, -0.2) is 39.7 Å². The van der Waals surface area contributed by atoms with E-state index >= 15 is 0 Å². The van der Waals surface area contributed by atoms with Crippen molar-refractivity contribution in [2.24, 2.45) is 0 Å². The molecule has 1 aliphatic rings. The quantitative estimate of drug-likeness (QED) is 0.732. The largest absolute Gasteiger partial charge is 0.351 e. The van der Waals surface area contributed by atoms with Gasteiger partial charge in [0.2, 0.25) is 5.91 Å². The van der Waals surface area contributed by atoms with Gasteiger partial charge in [-0.15, -0.1) is 0 Å². The molecule has 6 heteroatoms. The minimum atomic E-state index is -0.181. The number of benzene rings is 2. The Labute approximate surface area is 163 Å². The SMILES string of the molecule is CC(C(=O)NCc1ccccc1Cl)N1CCC(n2ncc3ccccc32)C1. The summed E-state index contributed by atoms with van der Waals surface area (Å²) in [5, 5.41) is 9.42. The van der Waals surface area contributed by atoms with Gasteiger partial charge in [0.15, 0.2) is 0 Å². The van der Waals surface area contributed by atoms with Crippen LogP contribution in [0.3, 0.4) is 0 Å². The van der Waals surface area contributed by atoms with Gasteiger partial charge in [-0.25, -0.2) is 0 Å². The van der Waals surface area contributed by atoms with E-state index in [1.807, 2.05) is 49.5 Å². The number of aromatic nitrogens is 2. The monoisotopic (exact) mass is 382 g/mol. The lowest BCUT2D eigenvalue weighted by atomic mass is 10.2. The maximum Gasteiger partial charge on any atom is 0.237 e. The highest BCUT2D eigenvalue weighted by molar-refractivity contribution is 6.31. The molecule has 3 aromatic rings. The first kappa shape index (κ1) is 18.0. The summed E-state index contributed by atoms with van der Waals surface area (Å²) in [6.45, 7) is 4.13. The zero-order valence-corrected chi connectivity index (χ0v) is 16.1. The van der Waals surface area contributed by atoms with Crippen LogP contribution in [-0.2, 0) is 11.3 Å². The first-order valence-electron chi connectivity index (χ1n) is 9.31. The summed E-state index contributed by atoms with van der Waals surface area (Å²) in [4.78, 5) is 14.8. The molecule has 2 aromatic carbocycles. The lowest BCUT2D eigenvalue weighted by Gasteiger charge is -2.23. The molecule has 1 fully saturated rings. The van der Waals surface area contributed by atoms with Crippen molar-refractivity contribution in [3.63, 3.8) is 0 Å². The van der Waals surface area contributed by atoms with E-state index in [1.54, 1.807) is 0 Å². The molecular formula is C21H23ClN4O. The molecule has 5 nitrogen and oxygen atoms in total. The Morgan fingerprint density at radius 3 is 2.89 bits per heavy atom. The van der Waals surface area contributed by atoms with Gasteiger partial charge in [0.05, 0.1) is 23.8 Å². The number of nitrogens with one attached hydrogen (secondary N) is 1. The summed E-state index contributed by atoms with van der Waals surface area (Å²) in [6, 6.07) is 16.0. The van der Waals surface area contributed by atoms with Crippen LogP contribution in [0.1, 0.15) is 24.9 Å². The van der Waals surface area contributed by atoms with E-state index in [9.17, 15) is 4.79 Å². The number of fused-ring (bicyclic) bond motifs is 1. The number of carbonyl (C=O) groups excluding carboxylic acids is 1. The maximum atomic E-state index is 12.6. The molecular weight excluding hydrogens is 360 g/mol. The Balaban J connectivity index is 1.38. The summed E-state index contributed by atoms with van der Waals surface area (Å²) in [5.74, 6) is 0.0286. The molecule has 0 radical (unpaired) electrons. The molecule has 140 valence electrons. The number of likely N-dealkylation sites (tertiary alicyclic amines) is 1. The summed E-state index contributed by atoms with van der Waals surface area (Å²) in [6.07, 6.45) is 2.91. The molecule has 2 unspecified atom stereocenters. The number of para-hydroxylation sites is 1. The van der Waals surface area contributed by atoms with Gasteiger partial charge in [-0.1, -0.05) is 48.0 Å². The highest BCUT2D eigenvalue weighted by Crippen LogP contribution is 2.26. The molecule has 0 aliphatic carbocycles. The Bertz CT molecular complexity index is 954. The first-order chi connectivity index (χ1) is 13.1. The molecule has 4 rings (SSSR count). The number of halogens is 1. The Kier molecular flexibility index (Phi) is 5.14. The van der Waals surface area contributed by atoms with E-state index in [-0.39, 0.29) is 11.9 Å². The van der Waals surface area contributed by atoms with Gasteiger partial charge in [0.25, 0.3) is 0 Å². The van der Waals surface area contributed by atoms with E-state index in [0.717, 1.165) is 36.0 Å². The fraction of sp³-hybridized carbons (Fsp3) is 0.333. The molecule has 1 amide bonds. The topological polar surface area (TPSA) is 50.2 Å². The molecule has 2 atom stereocenters. The van der Waals surface area contributed by atoms with Crippen LogP contribution in [0.15, 0.2) is 54.7 Å². The van der Waals surface area contributed by atoms with Crippen molar-refractivity contribution in [1.29, 1.82) is 0 Å². The van der Waals surface area contributed by atoms with E-state index in [1.165, 1.54) is 0 Å². The predicted octanol–water partition coefficient (Wildman–Crippen LogP) is 3.64. The van der Waals surface area contributed by atoms with Crippen LogP contribution in [0.5, 0.6) is 0 Å². The molecule has 1 N–H and O–H groups in total. The summed E-state index contributed by atoms with van der Waals surface area (Å²) in [5.41, 5.74) is 2.09. The fourth-order valence-corrected chi connectivity index (χ4v) is 3.94. The second kappa shape index (κ2) is 7.71. The minimum Gasteiger partial charge on any atom is -0.351 e. The van der Waals surface area contributed by atoms with Crippen LogP contribution in [0.25, 0.3) is 10.9 Å². The van der Waals surface area contributed by atoms with E-state index in [0.29, 0.717) is 17.6 Å². The second-order valence-corrected chi connectivity index (χ2v) is 7.48. The number of nitrogens with zero attached hydrogens (tertiary/aromatic N) is 3. The molecule has 1 aromatic heterocycles. The third kappa shape index (κ3) is 3.70. The average molecular weight is 383 g/mol. The van der Waals surface area contributed by atoms with Gasteiger partial charge in [-0.3, -0.25) is 14.4 Å². The van der Waals surface area contributed by atoms with Crippen LogP contribution in [0.2, 0.25) is 5.02 Å². The summed E-state index contributed by atoms with van der Waals surface area (Å²) in [7, 11) is 0. The Hall–Kier alpha value is -2.37. The highest BCUT2D eigenvalue weighted by Gasteiger charge is 2.31. The highest BCUT2D eigenvalue weighted by atomic mass is 35.5. The first-order valence-corrected chi connectivity index (χ1v) is 9.68. The van der Waals surface area contributed by atoms with Crippen molar-refractivity contribution in [3.05, 3.63) is 65.3 Å². The third-order valence-electron chi connectivity index (χ3n) is 5.38. The predicted molar refractivity (Wildman–Crippen MR) is 108 cm³/mol. The lowest BCUT2D eigenvalue weighted by Crippen LogP contribution is -2.44. The van der Waals surface area contributed by atoms with Crippen molar-refractivity contribution in [2.75, 3.05) is 13.1 Å². The molecule has 2 heterocycles. The number of amides is 1. The fourth-order valence-electron chi connectivity index (χ4n) is 3.74. The number of rotatable bonds is 5. The van der Waals surface area contributed by atoms with Gasteiger partial charge < -0.3 is 5.32 Å². The number of hydrogen-bond donors (Lipinski definition) is 1. The van der Waals surface area contributed by atoms with E-state index in [2.05, 4.69) is 32.1 Å². The van der Waals surface area contributed by atoms with Crippen molar-refractivity contribution in [2.45, 2.75) is 32.0 Å². The van der Waals surface area contributed by atoms with Gasteiger partial charge in [0.1, 0.15) is 0 Å². The van der Waals surface area contributed by atoms with Gasteiger partial charge in [-0.2, -0.15) is 5.10 Å². The van der Waals surface area contributed by atoms with Crippen LogP contribution < -0.4 is 5.32 Å². The van der Waals surface area contributed by atoms with Crippen LogP contribution >= 0.6 is 11.6 Å². The molecule has 0 bridgehead atoms. The average Bonchev–Trinajstić information content (AvgIpc) is 3.33. The van der Waals surface area contributed by atoms with Crippen molar-refractivity contribution < 1.29 is 4.79 Å². The van der Waals surface area contributed by atoms with Crippen molar-refractivity contribution in [3.8, 4) is 0 Å². The normalized spacial score (nSPS) is 18.7. The number of carbonyl (C=O) groups is 1. The van der Waals surface area contributed by atoms with Gasteiger partial charge >= 0.3 is 0 Å². The summed E-state index contributed by atoms with van der Waals surface area (Å²) < 4.78 is 2.10. The Morgan fingerprint density at radius 2 is 2.04 bits per heavy atom. The van der Waals surface area contributed by atoms with Crippen LogP contribution in [0.4, 0.5) is 0 Å².